The third-order valence-electron chi connectivity index (χ3n) is 3.80. The number of sulfonamides is 2. The number of rotatable bonds is 6. The predicted octanol–water partition coefficient (Wildman–Crippen LogP) is 2.08. The van der Waals surface area contributed by atoms with Gasteiger partial charge in [0, 0.05) is 6.04 Å². The van der Waals surface area contributed by atoms with E-state index in [1.165, 1.54) is 6.07 Å². The van der Waals surface area contributed by atoms with Crippen LogP contribution < -0.4 is 9.44 Å². The Hall–Kier alpha value is -2.17. The molecule has 1 fully saturated rings. The maximum atomic E-state index is 13.9. The van der Waals surface area contributed by atoms with E-state index in [2.05, 4.69) is 4.72 Å². The number of phenols is 1. The average molecular weight is 400 g/mol. The number of phenolic OH excluding ortho intramolecular Hbond substituents is 1. The Balaban J connectivity index is 1.96. The number of hydrogen-bond acceptors (Lipinski definition) is 5. The van der Waals surface area contributed by atoms with E-state index >= 15 is 0 Å². The van der Waals surface area contributed by atoms with Gasteiger partial charge in [0.05, 0.1) is 10.6 Å². The highest BCUT2D eigenvalue weighted by atomic mass is 32.2. The van der Waals surface area contributed by atoms with Crippen molar-refractivity contribution in [2.45, 2.75) is 35.6 Å². The Kier molecular flexibility index (Phi) is 4.67. The minimum absolute atomic E-state index is 0.129. The zero-order valence-corrected chi connectivity index (χ0v) is 15.4. The van der Waals surface area contributed by atoms with Gasteiger partial charge in [0.1, 0.15) is 16.5 Å². The number of hydrogen-bond donors (Lipinski definition) is 3. The van der Waals surface area contributed by atoms with E-state index in [1.54, 1.807) is 6.92 Å². The van der Waals surface area contributed by atoms with Crippen molar-refractivity contribution in [3.05, 3.63) is 47.8 Å². The van der Waals surface area contributed by atoms with Crippen LogP contribution in [0.15, 0.2) is 46.2 Å². The van der Waals surface area contributed by atoms with Crippen LogP contribution in [0.25, 0.3) is 0 Å². The molecule has 0 saturated heterocycles. The molecule has 1 aliphatic rings. The number of aryl methyl sites for hydroxylation is 1. The second kappa shape index (κ2) is 6.53. The molecule has 1 saturated carbocycles. The predicted molar refractivity (Wildman–Crippen MR) is 93.4 cm³/mol. The van der Waals surface area contributed by atoms with Gasteiger partial charge < -0.3 is 5.11 Å². The van der Waals surface area contributed by atoms with E-state index in [1.807, 2.05) is 4.72 Å². The van der Waals surface area contributed by atoms with Gasteiger partial charge in [-0.05, 0) is 55.7 Å². The molecule has 7 nitrogen and oxygen atoms in total. The fraction of sp³-hybridized carbons (Fsp3) is 0.250. The molecule has 0 radical (unpaired) electrons. The van der Waals surface area contributed by atoms with Gasteiger partial charge in [0.15, 0.2) is 0 Å². The molecule has 3 rings (SSSR count). The van der Waals surface area contributed by atoms with Crippen molar-refractivity contribution in [1.29, 1.82) is 0 Å². The summed E-state index contributed by atoms with van der Waals surface area (Å²) >= 11 is 0. The first kappa shape index (κ1) is 18.6. The Bertz CT molecular complexity index is 1060. The van der Waals surface area contributed by atoms with Crippen LogP contribution in [0.2, 0.25) is 0 Å². The van der Waals surface area contributed by atoms with Crippen molar-refractivity contribution < 1.29 is 26.3 Å². The van der Waals surface area contributed by atoms with Crippen LogP contribution in [0.3, 0.4) is 0 Å². The molecular formula is C16H17FN2O5S2. The minimum Gasteiger partial charge on any atom is -0.506 e. The average Bonchev–Trinajstić information content (AvgIpc) is 3.34. The minimum atomic E-state index is -4.36. The lowest BCUT2D eigenvalue weighted by Crippen LogP contribution is -2.25. The molecule has 0 unspecified atom stereocenters. The molecule has 2 aromatic rings. The Labute approximate surface area is 151 Å². The summed E-state index contributed by atoms with van der Waals surface area (Å²) in [5.74, 6) is -1.44. The summed E-state index contributed by atoms with van der Waals surface area (Å²) in [4.78, 5) is -0.800. The first-order chi connectivity index (χ1) is 12.1. The van der Waals surface area contributed by atoms with Gasteiger partial charge in [-0.2, -0.15) is 0 Å². The van der Waals surface area contributed by atoms with Gasteiger partial charge in [0.2, 0.25) is 10.0 Å². The van der Waals surface area contributed by atoms with E-state index in [-0.39, 0.29) is 16.6 Å². The molecule has 26 heavy (non-hydrogen) atoms. The lowest BCUT2D eigenvalue weighted by Gasteiger charge is -2.13. The molecule has 10 heteroatoms. The summed E-state index contributed by atoms with van der Waals surface area (Å²) in [6, 6.07) is 6.66. The molecule has 140 valence electrons. The monoisotopic (exact) mass is 400 g/mol. The van der Waals surface area contributed by atoms with E-state index in [4.69, 9.17) is 0 Å². The third-order valence-corrected chi connectivity index (χ3v) is 6.70. The highest BCUT2D eigenvalue weighted by Crippen LogP contribution is 2.30. The lowest BCUT2D eigenvalue weighted by molar-refractivity contribution is 0.477. The Morgan fingerprint density at radius 1 is 1.04 bits per heavy atom. The molecule has 0 heterocycles. The maximum absolute atomic E-state index is 13.9. The SMILES string of the molecule is Cc1ccc(F)c(S(=O)(=O)Nc2cc(S(=O)(=O)NC3CC3)ccc2O)c1. The zero-order chi connectivity index (χ0) is 19.1. The fourth-order valence-corrected chi connectivity index (χ4v) is 4.83. The molecule has 3 N–H and O–H groups in total. The van der Waals surface area contributed by atoms with Crippen LogP contribution in [-0.4, -0.2) is 28.0 Å². The van der Waals surface area contributed by atoms with Crippen LogP contribution in [0.4, 0.5) is 10.1 Å². The van der Waals surface area contributed by atoms with E-state index < -0.39 is 36.5 Å². The number of benzene rings is 2. The number of nitrogens with one attached hydrogen (secondary N) is 2. The first-order valence-electron chi connectivity index (χ1n) is 7.73. The van der Waals surface area contributed by atoms with Gasteiger partial charge in [-0.15, -0.1) is 0 Å². The normalized spacial score (nSPS) is 15.0. The molecule has 1 aliphatic carbocycles. The van der Waals surface area contributed by atoms with Crippen LogP contribution in [0.5, 0.6) is 5.75 Å². The van der Waals surface area contributed by atoms with Crippen LogP contribution in [0, 0.1) is 12.7 Å². The van der Waals surface area contributed by atoms with Crippen molar-refractivity contribution in [2.75, 3.05) is 4.72 Å². The quantitative estimate of drug-likeness (QED) is 0.643. The van der Waals surface area contributed by atoms with Crippen molar-refractivity contribution >= 4 is 25.7 Å². The zero-order valence-electron chi connectivity index (χ0n) is 13.7. The highest BCUT2D eigenvalue weighted by molar-refractivity contribution is 7.92. The Morgan fingerprint density at radius 2 is 1.73 bits per heavy atom. The topological polar surface area (TPSA) is 113 Å². The molecular weight excluding hydrogens is 383 g/mol. The summed E-state index contributed by atoms with van der Waals surface area (Å²) < 4.78 is 67.8. The van der Waals surface area contributed by atoms with Crippen LogP contribution in [-0.2, 0) is 20.0 Å². The van der Waals surface area contributed by atoms with Crippen molar-refractivity contribution in [3.63, 3.8) is 0 Å². The summed E-state index contributed by atoms with van der Waals surface area (Å²) in [6.07, 6.45) is 1.48. The molecule has 2 aromatic carbocycles. The van der Waals surface area contributed by atoms with E-state index in [9.17, 15) is 26.3 Å². The fourth-order valence-electron chi connectivity index (χ4n) is 2.27. The number of anilines is 1. The summed E-state index contributed by atoms with van der Waals surface area (Å²) in [6.45, 7) is 1.60. The van der Waals surface area contributed by atoms with E-state index in [0.717, 1.165) is 43.2 Å². The highest BCUT2D eigenvalue weighted by Gasteiger charge is 2.29. The van der Waals surface area contributed by atoms with Gasteiger partial charge in [0.25, 0.3) is 10.0 Å². The third kappa shape index (κ3) is 3.97. The Morgan fingerprint density at radius 3 is 2.38 bits per heavy atom. The maximum Gasteiger partial charge on any atom is 0.264 e. The lowest BCUT2D eigenvalue weighted by atomic mass is 10.2. The molecule has 0 amide bonds. The largest absolute Gasteiger partial charge is 0.506 e. The van der Waals surface area contributed by atoms with Gasteiger partial charge >= 0.3 is 0 Å². The summed E-state index contributed by atoms with van der Waals surface area (Å²) in [5, 5.41) is 9.89. The van der Waals surface area contributed by atoms with Crippen LogP contribution >= 0.6 is 0 Å². The molecule has 0 atom stereocenters. The van der Waals surface area contributed by atoms with Gasteiger partial charge in [-0.1, -0.05) is 6.07 Å². The summed E-state index contributed by atoms with van der Waals surface area (Å²) in [7, 11) is -8.20. The smallest absolute Gasteiger partial charge is 0.264 e. The molecule has 0 bridgehead atoms. The first-order valence-corrected chi connectivity index (χ1v) is 10.7. The number of aromatic hydroxyl groups is 1. The summed E-state index contributed by atoms with van der Waals surface area (Å²) in [5.41, 5.74) is 0.172. The van der Waals surface area contributed by atoms with Crippen molar-refractivity contribution in [1.82, 2.24) is 4.72 Å². The van der Waals surface area contributed by atoms with E-state index in [0.29, 0.717) is 5.56 Å². The van der Waals surface area contributed by atoms with Crippen LogP contribution in [0.1, 0.15) is 18.4 Å². The van der Waals surface area contributed by atoms with Crippen molar-refractivity contribution in [2.24, 2.45) is 0 Å². The molecule has 0 spiro atoms. The van der Waals surface area contributed by atoms with Gasteiger partial charge in [-0.3, -0.25) is 4.72 Å². The van der Waals surface area contributed by atoms with Gasteiger partial charge in [-0.25, -0.2) is 25.9 Å². The standard InChI is InChI=1S/C16H17FN2O5S2/c1-10-2-6-13(17)16(8-10)26(23,24)19-14-9-12(5-7-15(14)20)25(21,22)18-11-3-4-11/h2,5-9,11,18-20H,3-4H2,1H3. The second-order valence-corrected chi connectivity index (χ2v) is 9.48. The molecule has 0 aliphatic heterocycles. The van der Waals surface area contributed by atoms with Crippen molar-refractivity contribution in [3.8, 4) is 5.75 Å². The number of halogens is 1. The molecule has 0 aromatic heterocycles. The second-order valence-electron chi connectivity index (χ2n) is 6.11.